The number of para-hydroxylation sites is 1. The molecule has 1 aromatic carbocycles. The standard InChI is InChI=1S/C25H35FN4O2Si/c1-7-16-10-8-11-19(26)20(16)28-23(32)30-15-17-18(24(30,2)3)14-27-21(17)29-22(31)25(12-9-13-25)33(4,5)6/h8,10-11H,7,9,12-15H2,1-6H3,(H,28,32)(H,27,29,31). The molecule has 0 radical (unpaired) electrons. The van der Waals surface area contributed by atoms with E-state index in [0.29, 0.717) is 25.3 Å². The van der Waals surface area contributed by atoms with Crippen LogP contribution in [0.2, 0.25) is 24.7 Å². The summed E-state index contributed by atoms with van der Waals surface area (Å²) < 4.78 is 14.5. The van der Waals surface area contributed by atoms with Crippen molar-refractivity contribution in [2.75, 3.05) is 18.4 Å². The highest BCUT2D eigenvalue weighted by Crippen LogP contribution is 2.55. The zero-order valence-corrected chi connectivity index (χ0v) is 21.6. The van der Waals surface area contributed by atoms with E-state index in [1.807, 2.05) is 26.8 Å². The molecule has 3 amide bonds. The third-order valence-electron chi connectivity index (χ3n) is 8.04. The highest BCUT2D eigenvalue weighted by Gasteiger charge is 2.54. The number of carbonyl (C=O) groups excluding carboxylic acids is 2. The fraction of sp³-hybridized carbons (Fsp3) is 0.560. The molecule has 8 heteroatoms. The highest BCUT2D eigenvalue weighted by molar-refractivity contribution is 6.82. The average molecular weight is 471 g/mol. The van der Waals surface area contributed by atoms with Crippen LogP contribution in [0.1, 0.15) is 45.6 Å². The molecule has 178 valence electrons. The highest BCUT2D eigenvalue weighted by atomic mass is 28.3. The van der Waals surface area contributed by atoms with Gasteiger partial charge in [0.25, 0.3) is 0 Å². The average Bonchev–Trinajstić information content (AvgIpc) is 3.19. The predicted molar refractivity (Wildman–Crippen MR) is 133 cm³/mol. The van der Waals surface area contributed by atoms with Crippen molar-refractivity contribution in [1.29, 1.82) is 0 Å². The lowest BCUT2D eigenvalue weighted by atomic mass is 9.83. The van der Waals surface area contributed by atoms with Gasteiger partial charge in [0.15, 0.2) is 0 Å². The van der Waals surface area contributed by atoms with E-state index in [1.54, 1.807) is 11.0 Å². The Hall–Kier alpha value is -2.48. The second-order valence-corrected chi connectivity index (χ2v) is 16.4. The Kier molecular flexibility index (Phi) is 5.79. The van der Waals surface area contributed by atoms with Crippen LogP contribution in [-0.4, -0.2) is 49.4 Å². The molecule has 0 bridgehead atoms. The van der Waals surface area contributed by atoms with E-state index in [9.17, 15) is 14.0 Å². The molecule has 6 nitrogen and oxygen atoms in total. The van der Waals surface area contributed by atoms with Crippen molar-refractivity contribution in [2.24, 2.45) is 4.99 Å². The van der Waals surface area contributed by atoms with Gasteiger partial charge in [0, 0.05) is 10.6 Å². The van der Waals surface area contributed by atoms with Crippen LogP contribution in [0.15, 0.2) is 34.3 Å². The van der Waals surface area contributed by atoms with Gasteiger partial charge in [-0.15, -0.1) is 0 Å². The van der Waals surface area contributed by atoms with Crippen molar-refractivity contribution in [3.05, 3.63) is 40.7 Å². The smallest absolute Gasteiger partial charge is 0.311 e. The molecule has 33 heavy (non-hydrogen) atoms. The minimum Gasteiger partial charge on any atom is -0.311 e. The summed E-state index contributed by atoms with van der Waals surface area (Å²) in [6.45, 7) is 13.5. The van der Waals surface area contributed by atoms with E-state index >= 15 is 0 Å². The number of anilines is 1. The number of nitrogens with one attached hydrogen (secondary N) is 2. The fourth-order valence-corrected chi connectivity index (χ4v) is 8.03. The number of aliphatic imine (C=N–C) groups is 1. The Morgan fingerprint density at radius 1 is 1.18 bits per heavy atom. The van der Waals surface area contributed by atoms with Gasteiger partial charge in [0.05, 0.1) is 32.4 Å². The number of rotatable bonds is 4. The van der Waals surface area contributed by atoms with E-state index < -0.39 is 19.4 Å². The molecule has 0 saturated heterocycles. The number of benzene rings is 1. The predicted octanol–water partition coefficient (Wildman–Crippen LogP) is 5.10. The van der Waals surface area contributed by atoms with E-state index in [1.165, 1.54) is 6.07 Å². The minimum absolute atomic E-state index is 0.0834. The lowest BCUT2D eigenvalue weighted by Crippen LogP contribution is -2.55. The van der Waals surface area contributed by atoms with Crippen molar-refractivity contribution in [1.82, 2.24) is 10.2 Å². The topological polar surface area (TPSA) is 73.8 Å². The number of amides is 3. The Balaban J connectivity index is 1.52. The van der Waals surface area contributed by atoms with Crippen LogP contribution in [0.5, 0.6) is 0 Å². The molecule has 0 spiro atoms. The molecule has 0 atom stereocenters. The monoisotopic (exact) mass is 470 g/mol. The fourth-order valence-electron chi connectivity index (χ4n) is 5.44. The Morgan fingerprint density at radius 2 is 1.88 bits per heavy atom. The Morgan fingerprint density at radius 3 is 2.45 bits per heavy atom. The summed E-state index contributed by atoms with van der Waals surface area (Å²) >= 11 is 0. The maximum atomic E-state index is 14.5. The van der Waals surface area contributed by atoms with Gasteiger partial charge in [-0.3, -0.25) is 9.79 Å². The van der Waals surface area contributed by atoms with E-state index in [0.717, 1.165) is 36.0 Å². The Bertz CT molecular complexity index is 1070. The first kappa shape index (κ1) is 23.7. The van der Waals surface area contributed by atoms with Gasteiger partial charge in [-0.25, -0.2) is 9.18 Å². The summed E-state index contributed by atoms with van der Waals surface area (Å²) in [4.78, 5) is 33.0. The van der Waals surface area contributed by atoms with Gasteiger partial charge in [0.1, 0.15) is 11.7 Å². The molecule has 2 N–H and O–H groups in total. The van der Waals surface area contributed by atoms with Crippen LogP contribution in [0, 0.1) is 5.82 Å². The summed E-state index contributed by atoms with van der Waals surface area (Å²) in [7, 11) is -1.70. The summed E-state index contributed by atoms with van der Waals surface area (Å²) in [6, 6.07) is 4.48. The molecular weight excluding hydrogens is 435 g/mol. The minimum atomic E-state index is -1.70. The van der Waals surface area contributed by atoms with Crippen LogP contribution < -0.4 is 10.6 Å². The molecule has 1 saturated carbocycles. The number of aryl methyl sites for hydroxylation is 1. The van der Waals surface area contributed by atoms with Crippen LogP contribution >= 0.6 is 0 Å². The van der Waals surface area contributed by atoms with Gasteiger partial charge in [-0.1, -0.05) is 45.1 Å². The number of halogens is 1. The molecule has 1 aliphatic carbocycles. The second kappa shape index (κ2) is 8.08. The van der Waals surface area contributed by atoms with E-state index in [4.69, 9.17) is 0 Å². The lowest BCUT2D eigenvalue weighted by molar-refractivity contribution is -0.125. The van der Waals surface area contributed by atoms with Crippen molar-refractivity contribution in [3.63, 3.8) is 0 Å². The number of amidine groups is 1. The lowest BCUT2D eigenvalue weighted by Gasteiger charge is -2.49. The van der Waals surface area contributed by atoms with Crippen molar-refractivity contribution in [2.45, 2.75) is 76.7 Å². The zero-order valence-electron chi connectivity index (χ0n) is 20.6. The first-order valence-corrected chi connectivity index (χ1v) is 15.4. The van der Waals surface area contributed by atoms with Crippen LogP contribution in [0.3, 0.4) is 0 Å². The maximum absolute atomic E-state index is 14.5. The summed E-state index contributed by atoms with van der Waals surface area (Å²) in [6.07, 6.45) is 3.59. The van der Waals surface area contributed by atoms with Gasteiger partial charge in [0.2, 0.25) is 5.91 Å². The SMILES string of the molecule is CCc1cccc(F)c1NC(=O)N1CC2=C(CN=C2NC(=O)C2([Si](C)(C)C)CCC2)C1(C)C. The quantitative estimate of drug-likeness (QED) is 0.601. The van der Waals surface area contributed by atoms with Gasteiger partial charge in [-0.05, 0) is 50.3 Å². The number of nitrogens with zero attached hydrogens (tertiary/aromatic N) is 2. The van der Waals surface area contributed by atoms with Crippen molar-refractivity contribution >= 4 is 31.5 Å². The van der Waals surface area contributed by atoms with Gasteiger partial charge >= 0.3 is 6.03 Å². The molecular formula is C25H35FN4O2Si. The summed E-state index contributed by atoms with van der Waals surface area (Å²) in [5.74, 6) is 0.245. The molecule has 4 rings (SSSR count). The molecule has 1 fully saturated rings. The summed E-state index contributed by atoms with van der Waals surface area (Å²) in [5, 5.41) is 5.70. The van der Waals surface area contributed by atoms with Crippen molar-refractivity contribution < 1.29 is 14.0 Å². The largest absolute Gasteiger partial charge is 0.322 e. The zero-order chi connectivity index (χ0) is 24.2. The van der Waals surface area contributed by atoms with Crippen molar-refractivity contribution in [3.8, 4) is 0 Å². The Labute approximate surface area is 196 Å². The molecule has 0 unspecified atom stereocenters. The molecule has 1 aromatic rings. The first-order chi connectivity index (χ1) is 15.4. The molecule has 2 aliphatic heterocycles. The van der Waals surface area contributed by atoms with Crippen LogP contribution in [-0.2, 0) is 11.2 Å². The number of hydrogen-bond donors (Lipinski definition) is 2. The van der Waals surface area contributed by atoms with Gasteiger partial charge < -0.3 is 15.5 Å². The number of urea groups is 1. The maximum Gasteiger partial charge on any atom is 0.322 e. The molecule has 3 aliphatic rings. The third-order valence-corrected chi connectivity index (χ3v) is 11.6. The number of carbonyl (C=O) groups is 2. The van der Waals surface area contributed by atoms with E-state index in [-0.39, 0.29) is 22.7 Å². The molecule has 0 aromatic heterocycles. The van der Waals surface area contributed by atoms with Gasteiger partial charge in [-0.2, -0.15) is 0 Å². The third kappa shape index (κ3) is 3.72. The normalized spacial score (nSPS) is 20.8. The van der Waals surface area contributed by atoms with E-state index in [2.05, 4.69) is 35.3 Å². The first-order valence-electron chi connectivity index (χ1n) is 11.9. The number of hydrogen-bond acceptors (Lipinski definition) is 3. The summed E-state index contributed by atoms with van der Waals surface area (Å²) in [5.41, 5.74) is 2.36. The van der Waals surface area contributed by atoms with Crippen LogP contribution in [0.25, 0.3) is 0 Å². The van der Waals surface area contributed by atoms with Crippen LogP contribution in [0.4, 0.5) is 14.9 Å². The second-order valence-electron chi connectivity index (χ2n) is 11.0. The molecule has 2 heterocycles.